The minimum Gasteiger partial charge on any atom is -0.320 e. The highest BCUT2D eigenvalue weighted by Gasteiger charge is 2.24. The molecule has 0 saturated heterocycles. The average molecular weight is 164 g/mol. The van der Waals surface area contributed by atoms with Gasteiger partial charge in [0.05, 0.1) is 17.9 Å². The second-order valence-electron chi connectivity index (χ2n) is 2.91. The number of fused-ring (bicyclic) bond motifs is 1. The average Bonchev–Trinajstić information content (AvgIpc) is 2.47. The van der Waals surface area contributed by atoms with Crippen molar-refractivity contribution in [3.05, 3.63) is 29.8 Å². The Morgan fingerprint density at radius 3 is 2.75 bits per heavy atom. The summed E-state index contributed by atoms with van der Waals surface area (Å²) >= 11 is 0. The lowest BCUT2D eigenvalue weighted by atomic mass is 10.1. The van der Waals surface area contributed by atoms with Crippen LogP contribution < -0.4 is 22.3 Å². The molecule has 0 saturated carbocycles. The van der Waals surface area contributed by atoms with E-state index in [0.717, 1.165) is 11.3 Å². The third kappa shape index (κ3) is 1.06. The molecular weight excluding hydrogens is 152 g/mol. The maximum atomic E-state index is 5.59. The highest BCUT2D eigenvalue weighted by Crippen LogP contribution is 2.27. The lowest BCUT2D eigenvalue weighted by Crippen LogP contribution is -2.42. The van der Waals surface area contributed by atoms with Gasteiger partial charge in [-0.1, -0.05) is 18.2 Å². The van der Waals surface area contributed by atoms with Gasteiger partial charge in [0.1, 0.15) is 0 Å². The number of hydrogen-bond acceptors (Lipinski definition) is 4. The fourth-order valence-electron chi connectivity index (χ4n) is 1.42. The third-order valence-electron chi connectivity index (χ3n) is 2.04. The second-order valence-corrected chi connectivity index (χ2v) is 2.91. The molecule has 1 heterocycles. The number of para-hydroxylation sites is 1. The van der Waals surface area contributed by atoms with Crippen LogP contribution >= 0.6 is 0 Å². The molecule has 0 spiro atoms. The van der Waals surface area contributed by atoms with Crippen LogP contribution in [0.3, 0.4) is 0 Å². The van der Waals surface area contributed by atoms with Crippen molar-refractivity contribution >= 4 is 5.69 Å². The van der Waals surface area contributed by atoms with E-state index in [2.05, 4.69) is 10.9 Å². The van der Waals surface area contributed by atoms with Crippen LogP contribution in [-0.2, 0) is 0 Å². The summed E-state index contributed by atoms with van der Waals surface area (Å²) in [5, 5.41) is 0. The number of rotatable bonds is 1. The van der Waals surface area contributed by atoms with Crippen molar-refractivity contribution in [2.45, 2.75) is 12.2 Å². The zero-order valence-corrected chi connectivity index (χ0v) is 6.62. The van der Waals surface area contributed by atoms with E-state index in [1.807, 2.05) is 24.3 Å². The number of hydrazine groups is 1. The zero-order valence-electron chi connectivity index (χ0n) is 6.62. The predicted molar refractivity (Wildman–Crippen MR) is 48.1 cm³/mol. The molecule has 1 aliphatic rings. The molecule has 1 atom stereocenters. The van der Waals surface area contributed by atoms with E-state index in [4.69, 9.17) is 11.5 Å². The Bertz CT molecular complexity index is 284. The first-order chi connectivity index (χ1) is 5.79. The molecule has 0 radical (unpaired) electrons. The minimum atomic E-state index is -0.374. The van der Waals surface area contributed by atoms with Gasteiger partial charge in [0.15, 0.2) is 0 Å². The molecule has 1 aliphatic heterocycles. The minimum absolute atomic E-state index is 0.0150. The summed E-state index contributed by atoms with van der Waals surface area (Å²) in [4.78, 5) is 0. The van der Waals surface area contributed by atoms with Gasteiger partial charge in [-0.05, 0) is 11.6 Å². The fraction of sp³-hybridized carbons (Fsp3) is 0.250. The van der Waals surface area contributed by atoms with Gasteiger partial charge in [0.25, 0.3) is 0 Å². The van der Waals surface area contributed by atoms with Crippen LogP contribution in [0.15, 0.2) is 24.3 Å². The molecule has 2 rings (SSSR count). The van der Waals surface area contributed by atoms with Gasteiger partial charge in [-0.3, -0.25) is 0 Å². The molecule has 4 heteroatoms. The summed E-state index contributed by atoms with van der Waals surface area (Å²) in [5.74, 6) is 0. The summed E-state index contributed by atoms with van der Waals surface area (Å²) < 4.78 is 0. The monoisotopic (exact) mass is 164 g/mol. The molecule has 0 amide bonds. The first-order valence-electron chi connectivity index (χ1n) is 3.90. The lowest BCUT2D eigenvalue weighted by Gasteiger charge is -2.14. The van der Waals surface area contributed by atoms with Gasteiger partial charge >= 0.3 is 0 Å². The van der Waals surface area contributed by atoms with Gasteiger partial charge in [-0.15, -0.1) is 0 Å². The summed E-state index contributed by atoms with van der Waals surface area (Å²) in [6.07, 6.45) is -0.374. The van der Waals surface area contributed by atoms with Gasteiger partial charge < -0.3 is 16.9 Å². The first-order valence-corrected chi connectivity index (χ1v) is 3.90. The molecule has 1 aromatic carbocycles. The smallest absolute Gasteiger partial charge is 0.0811 e. The van der Waals surface area contributed by atoms with Crippen molar-refractivity contribution in [2.75, 3.05) is 5.43 Å². The normalized spacial score (nSPS) is 20.8. The lowest BCUT2D eigenvalue weighted by molar-refractivity contribution is 0.507. The molecule has 0 aliphatic carbocycles. The molecule has 0 fully saturated rings. The van der Waals surface area contributed by atoms with E-state index in [0.29, 0.717) is 0 Å². The van der Waals surface area contributed by atoms with Gasteiger partial charge in [-0.25, -0.2) is 5.43 Å². The van der Waals surface area contributed by atoms with Crippen LogP contribution in [0.5, 0.6) is 0 Å². The largest absolute Gasteiger partial charge is 0.320 e. The standard InChI is InChI=1S/C8H12N4/c9-8(10)7-5-3-1-2-4-6(5)11-12-7/h1-4,7-8,11-12H,9-10H2. The quantitative estimate of drug-likeness (QED) is 0.437. The Balaban J connectivity index is 2.36. The van der Waals surface area contributed by atoms with Crippen molar-refractivity contribution in [1.82, 2.24) is 5.43 Å². The Morgan fingerprint density at radius 1 is 1.25 bits per heavy atom. The number of hydrogen-bond donors (Lipinski definition) is 4. The van der Waals surface area contributed by atoms with E-state index in [-0.39, 0.29) is 12.2 Å². The molecule has 4 nitrogen and oxygen atoms in total. The molecule has 12 heavy (non-hydrogen) atoms. The maximum Gasteiger partial charge on any atom is 0.0811 e. The molecule has 64 valence electrons. The molecular formula is C8H12N4. The Labute approximate surface area is 70.9 Å². The summed E-state index contributed by atoms with van der Waals surface area (Å²) in [6.45, 7) is 0. The van der Waals surface area contributed by atoms with Crippen molar-refractivity contribution in [3.63, 3.8) is 0 Å². The fourth-order valence-corrected chi connectivity index (χ4v) is 1.42. The van der Waals surface area contributed by atoms with E-state index in [1.165, 1.54) is 0 Å². The van der Waals surface area contributed by atoms with Gasteiger partial charge in [0.2, 0.25) is 0 Å². The SMILES string of the molecule is NC(N)C1NNc2ccccc21. The topological polar surface area (TPSA) is 76.1 Å². The zero-order chi connectivity index (χ0) is 8.55. The van der Waals surface area contributed by atoms with Crippen LogP contribution in [0, 0.1) is 0 Å². The van der Waals surface area contributed by atoms with Gasteiger partial charge in [-0.2, -0.15) is 0 Å². The summed E-state index contributed by atoms with van der Waals surface area (Å²) in [5.41, 5.74) is 19.4. The van der Waals surface area contributed by atoms with E-state index >= 15 is 0 Å². The van der Waals surface area contributed by atoms with Crippen LogP contribution in [0.2, 0.25) is 0 Å². The van der Waals surface area contributed by atoms with E-state index < -0.39 is 0 Å². The summed E-state index contributed by atoms with van der Waals surface area (Å²) in [7, 11) is 0. The number of nitrogens with two attached hydrogens (primary N) is 2. The highest BCUT2D eigenvalue weighted by atomic mass is 15.4. The third-order valence-corrected chi connectivity index (χ3v) is 2.04. The first kappa shape index (κ1) is 7.54. The second kappa shape index (κ2) is 2.75. The molecule has 0 bridgehead atoms. The number of nitrogens with one attached hydrogen (secondary N) is 2. The Morgan fingerprint density at radius 2 is 2.00 bits per heavy atom. The predicted octanol–water partition coefficient (Wildman–Crippen LogP) is -0.0987. The van der Waals surface area contributed by atoms with Crippen LogP contribution in [0.25, 0.3) is 0 Å². The van der Waals surface area contributed by atoms with Crippen LogP contribution in [0.4, 0.5) is 5.69 Å². The Hall–Kier alpha value is -1.10. The Kier molecular flexibility index (Phi) is 1.73. The van der Waals surface area contributed by atoms with Crippen molar-refractivity contribution in [1.29, 1.82) is 0 Å². The van der Waals surface area contributed by atoms with Crippen LogP contribution in [0.1, 0.15) is 11.6 Å². The number of anilines is 1. The maximum absolute atomic E-state index is 5.59. The van der Waals surface area contributed by atoms with Crippen molar-refractivity contribution < 1.29 is 0 Å². The van der Waals surface area contributed by atoms with Crippen LogP contribution in [-0.4, -0.2) is 6.17 Å². The van der Waals surface area contributed by atoms with Crippen molar-refractivity contribution in [3.8, 4) is 0 Å². The molecule has 1 aromatic rings. The molecule has 1 unspecified atom stereocenters. The summed E-state index contributed by atoms with van der Waals surface area (Å²) in [6, 6.07) is 7.96. The van der Waals surface area contributed by atoms with E-state index in [9.17, 15) is 0 Å². The highest BCUT2D eigenvalue weighted by molar-refractivity contribution is 5.55. The van der Waals surface area contributed by atoms with Gasteiger partial charge in [0, 0.05) is 0 Å². The van der Waals surface area contributed by atoms with Crippen molar-refractivity contribution in [2.24, 2.45) is 11.5 Å². The molecule has 0 aromatic heterocycles. The van der Waals surface area contributed by atoms with E-state index in [1.54, 1.807) is 0 Å². The molecule has 6 N–H and O–H groups in total. The number of benzene rings is 1.